The molecule has 2 heterocycles. The molecule has 29 heavy (non-hydrogen) atoms. The van der Waals surface area contributed by atoms with Gasteiger partial charge in [-0.15, -0.1) is 11.3 Å². The maximum absolute atomic E-state index is 12.6. The summed E-state index contributed by atoms with van der Waals surface area (Å²) >= 11 is 1.62. The van der Waals surface area contributed by atoms with Crippen molar-refractivity contribution in [3.05, 3.63) is 41.0 Å². The summed E-state index contributed by atoms with van der Waals surface area (Å²) in [5.74, 6) is -0.0239. The summed E-state index contributed by atoms with van der Waals surface area (Å²) < 4.78 is 0. The molecule has 1 amide bonds. The molecule has 3 rings (SSSR count). The van der Waals surface area contributed by atoms with E-state index in [9.17, 15) is 15.0 Å². The number of nitrogens with zero attached hydrogens (tertiary/aromatic N) is 2. The molecule has 0 bridgehead atoms. The number of β-amino-alcohol motifs (C(OH)–C–C–N with tert-alkyl or cyclic N) is 1. The monoisotopic (exact) mass is 417 g/mol. The summed E-state index contributed by atoms with van der Waals surface area (Å²) in [4.78, 5) is 19.7. The Morgan fingerprint density at radius 3 is 2.62 bits per heavy atom. The number of aromatic nitrogens is 1. The molecular weight excluding hydrogens is 386 g/mol. The van der Waals surface area contributed by atoms with Gasteiger partial charge in [-0.1, -0.05) is 45.0 Å². The molecule has 0 aliphatic carbocycles. The first-order valence-electron chi connectivity index (χ1n) is 10.0. The van der Waals surface area contributed by atoms with Crippen molar-refractivity contribution < 1.29 is 15.0 Å². The third-order valence-electron chi connectivity index (χ3n) is 5.16. The lowest BCUT2D eigenvalue weighted by Crippen LogP contribution is -2.49. The zero-order chi connectivity index (χ0) is 21.2. The van der Waals surface area contributed by atoms with Gasteiger partial charge in [-0.05, 0) is 29.9 Å². The Morgan fingerprint density at radius 1 is 1.34 bits per heavy atom. The van der Waals surface area contributed by atoms with Crippen LogP contribution in [0.3, 0.4) is 0 Å². The van der Waals surface area contributed by atoms with Gasteiger partial charge in [-0.2, -0.15) is 0 Å². The molecule has 158 valence electrons. The summed E-state index contributed by atoms with van der Waals surface area (Å²) in [5.41, 5.74) is 4.91. The third kappa shape index (κ3) is 5.63. The van der Waals surface area contributed by atoms with Crippen molar-refractivity contribution in [2.45, 2.75) is 65.5 Å². The lowest BCUT2D eigenvalue weighted by Gasteiger charge is -2.31. The molecule has 1 aromatic heterocycles. The summed E-state index contributed by atoms with van der Waals surface area (Å²) in [5, 5.41) is 23.8. The number of aliphatic hydroxyl groups excluding tert-OH is 2. The van der Waals surface area contributed by atoms with Gasteiger partial charge in [0.15, 0.2) is 0 Å². The van der Waals surface area contributed by atoms with Crippen molar-refractivity contribution >= 4 is 17.2 Å². The maximum atomic E-state index is 12.6. The Morgan fingerprint density at radius 2 is 2.03 bits per heavy atom. The summed E-state index contributed by atoms with van der Waals surface area (Å²) in [6, 6.07) is 7.75. The molecule has 3 N–H and O–H groups in total. The minimum Gasteiger partial charge on any atom is -0.391 e. The van der Waals surface area contributed by atoms with Crippen LogP contribution in [0.1, 0.15) is 44.9 Å². The van der Waals surface area contributed by atoms with Crippen LogP contribution in [-0.4, -0.2) is 50.9 Å². The number of hydrogen-bond acceptors (Lipinski definition) is 6. The van der Waals surface area contributed by atoms with E-state index >= 15 is 0 Å². The second-order valence-electron chi connectivity index (χ2n) is 9.03. The molecule has 0 saturated carbocycles. The van der Waals surface area contributed by atoms with Crippen molar-refractivity contribution in [3.8, 4) is 10.4 Å². The zero-order valence-electron chi connectivity index (χ0n) is 17.6. The van der Waals surface area contributed by atoms with Crippen LogP contribution < -0.4 is 5.32 Å². The second-order valence-corrected chi connectivity index (χ2v) is 9.88. The van der Waals surface area contributed by atoms with E-state index in [1.807, 2.05) is 45.3 Å². The number of likely N-dealkylation sites (tertiary alicyclic amines) is 1. The van der Waals surface area contributed by atoms with Gasteiger partial charge in [0.1, 0.15) is 6.23 Å². The molecule has 1 fully saturated rings. The van der Waals surface area contributed by atoms with Crippen LogP contribution in [0.5, 0.6) is 0 Å². The first kappa shape index (κ1) is 21.9. The first-order valence-corrected chi connectivity index (χ1v) is 10.9. The number of aryl methyl sites for hydroxylation is 1. The molecule has 1 aliphatic rings. The van der Waals surface area contributed by atoms with Gasteiger partial charge in [-0.25, -0.2) is 4.98 Å². The molecule has 2 aromatic rings. The molecule has 3 atom stereocenters. The molecule has 1 saturated heterocycles. The smallest absolute Gasteiger partial charge is 0.223 e. The molecular formula is C22H31N3O3S. The van der Waals surface area contributed by atoms with Crippen LogP contribution in [-0.2, 0) is 11.3 Å². The van der Waals surface area contributed by atoms with E-state index in [1.54, 1.807) is 16.2 Å². The first-order chi connectivity index (χ1) is 13.6. The average molecular weight is 418 g/mol. The molecule has 1 aliphatic heterocycles. The van der Waals surface area contributed by atoms with Gasteiger partial charge in [0.2, 0.25) is 5.91 Å². The van der Waals surface area contributed by atoms with Gasteiger partial charge in [0.25, 0.3) is 0 Å². The minimum atomic E-state index is -0.889. The van der Waals surface area contributed by atoms with Crippen LogP contribution in [0.2, 0.25) is 0 Å². The van der Waals surface area contributed by atoms with Gasteiger partial charge >= 0.3 is 0 Å². The average Bonchev–Trinajstić information content (AvgIpc) is 3.24. The van der Waals surface area contributed by atoms with Gasteiger partial charge < -0.3 is 15.1 Å². The topological polar surface area (TPSA) is 85.7 Å². The number of carbonyl (C=O) groups is 1. The molecule has 0 spiro atoms. The largest absolute Gasteiger partial charge is 0.391 e. The van der Waals surface area contributed by atoms with Gasteiger partial charge in [-0.3, -0.25) is 10.1 Å². The Hall–Kier alpha value is -1.80. The van der Waals surface area contributed by atoms with Crippen molar-refractivity contribution in [1.82, 2.24) is 15.2 Å². The summed E-state index contributed by atoms with van der Waals surface area (Å²) in [6.07, 6.45) is -0.712. The lowest BCUT2D eigenvalue weighted by molar-refractivity contribution is -0.136. The highest BCUT2D eigenvalue weighted by atomic mass is 32.1. The van der Waals surface area contributed by atoms with E-state index in [0.29, 0.717) is 19.4 Å². The highest BCUT2D eigenvalue weighted by Gasteiger charge is 2.39. The van der Waals surface area contributed by atoms with Crippen LogP contribution in [0.25, 0.3) is 10.4 Å². The highest BCUT2D eigenvalue weighted by Crippen LogP contribution is 2.28. The van der Waals surface area contributed by atoms with E-state index in [-0.39, 0.29) is 17.9 Å². The van der Waals surface area contributed by atoms with Gasteiger partial charge in [0, 0.05) is 19.5 Å². The second kappa shape index (κ2) is 8.92. The molecule has 6 nitrogen and oxygen atoms in total. The van der Waals surface area contributed by atoms with Crippen LogP contribution in [0.4, 0.5) is 0 Å². The normalized spacial score (nSPS) is 20.8. The predicted molar refractivity (Wildman–Crippen MR) is 115 cm³/mol. The van der Waals surface area contributed by atoms with Crippen molar-refractivity contribution in [1.29, 1.82) is 0 Å². The maximum Gasteiger partial charge on any atom is 0.223 e. The Bertz CT molecular complexity index is 829. The van der Waals surface area contributed by atoms with Gasteiger partial charge in [0.05, 0.1) is 28.2 Å². The number of nitrogens with one attached hydrogen (secondary N) is 1. The fourth-order valence-electron chi connectivity index (χ4n) is 3.70. The molecule has 0 radical (unpaired) electrons. The summed E-state index contributed by atoms with van der Waals surface area (Å²) in [7, 11) is 0. The van der Waals surface area contributed by atoms with Crippen LogP contribution >= 0.6 is 11.3 Å². The van der Waals surface area contributed by atoms with E-state index in [4.69, 9.17) is 0 Å². The zero-order valence-corrected chi connectivity index (χ0v) is 18.4. The summed E-state index contributed by atoms with van der Waals surface area (Å²) in [6.45, 7) is 8.80. The fraction of sp³-hybridized carbons (Fsp3) is 0.545. The highest BCUT2D eigenvalue weighted by molar-refractivity contribution is 7.13. The molecule has 7 heteroatoms. The number of aliphatic hydroxyl groups is 2. The van der Waals surface area contributed by atoms with Crippen molar-refractivity contribution in [2.24, 2.45) is 5.41 Å². The van der Waals surface area contributed by atoms with E-state index in [2.05, 4.69) is 22.4 Å². The number of rotatable bonds is 6. The Kier molecular flexibility index (Phi) is 6.73. The lowest BCUT2D eigenvalue weighted by atomic mass is 9.91. The van der Waals surface area contributed by atoms with E-state index in [1.165, 1.54) is 0 Å². The number of thiazole rings is 1. The SMILES string of the molecule is Cc1ncsc1-c1ccc(CNC(O)C2CC(O)CN2C(=O)CC(C)(C)C)cc1. The molecule has 1 aromatic carbocycles. The number of benzene rings is 1. The predicted octanol–water partition coefficient (Wildman–Crippen LogP) is 2.92. The van der Waals surface area contributed by atoms with E-state index in [0.717, 1.165) is 21.7 Å². The van der Waals surface area contributed by atoms with E-state index < -0.39 is 18.4 Å². The minimum absolute atomic E-state index is 0.0239. The Balaban J connectivity index is 1.59. The standard InChI is InChI=1S/C22H31N3O3S/c1-14-20(29-13-24-14)16-7-5-15(6-8-16)11-23-21(28)18-9-17(26)12-25(18)19(27)10-22(2,3)4/h5-8,13,17-18,21,23,26,28H,9-12H2,1-4H3. The van der Waals surface area contributed by atoms with Crippen LogP contribution in [0.15, 0.2) is 29.8 Å². The number of amides is 1. The van der Waals surface area contributed by atoms with Crippen LogP contribution in [0, 0.1) is 12.3 Å². The Labute approximate surface area is 176 Å². The quantitative estimate of drug-likeness (QED) is 0.629. The number of hydrogen-bond donors (Lipinski definition) is 3. The van der Waals surface area contributed by atoms with Crippen molar-refractivity contribution in [2.75, 3.05) is 6.54 Å². The third-order valence-corrected chi connectivity index (χ3v) is 6.14. The fourth-order valence-corrected chi connectivity index (χ4v) is 4.51. The number of carbonyl (C=O) groups excluding carboxylic acids is 1. The van der Waals surface area contributed by atoms with Crippen molar-refractivity contribution in [3.63, 3.8) is 0 Å². The molecule has 3 unspecified atom stereocenters.